The third-order valence-electron chi connectivity index (χ3n) is 3.98. The highest BCUT2D eigenvalue weighted by atomic mass is 16.5. The summed E-state index contributed by atoms with van der Waals surface area (Å²) in [5.41, 5.74) is 2.20. The summed E-state index contributed by atoms with van der Waals surface area (Å²) in [4.78, 5) is 6.91. The zero-order valence-corrected chi connectivity index (χ0v) is 12.2. The van der Waals surface area contributed by atoms with Crippen molar-refractivity contribution < 1.29 is 4.74 Å². The molecule has 0 saturated carbocycles. The van der Waals surface area contributed by atoms with Crippen LogP contribution in [0.1, 0.15) is 11.6 Å². The van der Waals surface area contributed by atoms with Gasteiger partial charge in [-0.25, -0.2) is 0 Å². The quantitative estimate of drug-likeness (QED) is 0.861. The monoisotopic (exact) mass is 291 g/mol. The topological polar surface area (TPSA) is 36.9 Å². The van der Waals surface area contributed by atoms with E-state index in [9.17, 15) is 0 Å². The lowest BCUT2D eigenvalue weighted by atomic mass is 10.1. The first-order valence-corrected chi connectivity index (χ1v) is 7.43. The van der Waals surface area contributed by atoms with E-state index >= 15 is 0 Å². The molecule has 2 aromatic rings. The number of rotatable bonds is 2. The van der Waals surface area contributed by atoms with E-state index in [0.717, 1.165) is 28.7 Å². The number of aliphatic imine (C=N–C) groups is 1. The van der Waals surface area contributed by atoms with Gasteiger partial charge in [-0.15, -0.1) is 6.58 Å². The van der Waals surface area contributed by atoms with Gasteiger partial charge in [-0.2, -0.15) is 0 Å². The molecule has 4 heteroatoms. The number of ether oxygens (including phenoxy) is 1. The zero-order chi connectivity index (χ0) is 14.9. The van der Waals surface area contributed by atoms with E-state index in [0.29, 0.717) is 13.1 Å². The second-order valence-corrected chi connectivity index (χ2v) is 5.33. The average Bonchev–Trinajstić information content (AvgIpc) is 2.91. The predicted octanol–water partition coefficient (Wildman–Crippen LogP) is 3.49. The Hall–Kier alpha value is -2.75. The molecule has 0 bridgehead atoms. The number of hydrogen-bond acceptors (Lipinski definition) is 4. The standard InChI is InChI=1S/C18H17N3O/c1-2-11-19-18-20-12-15-13-7-3-5-9-16(13)22-17-10-6-4-8-14(17)21(15)18/h2-10,15H,1,11-12H2,(H,19,20). The summed E-state index contributed by atoms with van der Waals surface area (Å²) in [5.74, 6) is 2.63. The molecular formula is C18H17N3O. The lowest BCUT2D eigenvalue weighted by molar-refractivity contribution is 0.482. The van der Waals surface area contributed by atoms with E-state index in [1.807, 2.05) is 42.5 Å². The smallest absolute Gasteiger partial charge is 0.199 e. The first-order valence-electron chi connectivity index (χ1n) is 7.43. The van der Waals surface area contributed by atoms with E-state index in [-0.39, 0.29) is 6.04 Å². The summed E-state index contributed by atoms with van der Waals surface area (Å²) in [7, 11) is 0. The van der Waals surface area contributed by atoms with Gasteiger partial charge in [-0.1, -0.05) is 36.4 Å². The molecule has 110 valence electrons. The molecule has 4 nitrogen and oxygen atoms in total. The molecule has 0 radical (unpaired) electrons. The van der Waals surface area contributed by atoms with Gasteiger partial charge in [0.25, 0.3) is 0 Å². The molecule has 0 aliphatic carbocycles. The molecule has 2 aliphatic heterocycles. The maximum atomic E-state index is 6.15. The van der Waals surface area contributed by atoms with Crippen LogP contribution in [-0.2, 0) is 0 Å². The molecule has 2 aliphatic rings. The maximum absolute atomic E-state index is 6.15. The Bertz CT molecular complexity index is 754. The van der Waals surface area contributed by atoms with Crippen LogP contribution in [0.5, 0.6) is 11.5 Å². The SMILES string of the molecule is C=CCNC1=NCC2c3ccccc3Oc3ccccc3N12. The molecule has 2 heterocycles. The number of nitrogens with one attached hydrogen (secondary N) is 1. The van der Waals surface area contributed by atoms with Gasteiger partial charge in [-0.05, 0) is 18.2 Å². The summed E-state index contributed by atoms with van der Waals surface area (Å²) < 4.78 is 6.15. The highest BCUT2D eigenvalue weighted by Crippen LogP contribution is 2.45. The van der Waals surface area contributed by atoms with Crippen molar-refractivity contribution in [1.29, 1.82) is 0 Å². The summed E-state index contributed by atoms with van der Waals surface area (Å²) in [6.07, 6.45) is 1.84. The van der Waals surface area contributed by atoms with Crippen molar-refractivity contribution >= 4 is 11.6 Å². The second kappa shape index (κ2) is 5.22. The Morgan fingerprint density at radius 3 is 2.82 bits per heavy atom. The van der Waals surface area contributed by atoms with Crippen LogP contribution in [-0.4, -0.2) is 19.0 Å². The van der Waals surface area contributed by atoms with Crippen molar-refractivity contribution in [1.82, 2.24) is 5.32 Å². The Balaban J connectivity index is 1.85. The summed E-state index contributed by atoms with van der Waals surface area (Å²) in [5, 5.41) is 3.33. The molecule has 0 fully saturated rings. The molecule has 4 rings (SSSR count). The van der Waals surface area contributed by atoms with E-state index in [1.165, 1.54) is 0 Å². The van der Waals surface area contributed by atoms with Gasteiger partial charge in [0.2, 0.25) is 0 Å². The lowest BCUT2D eigenvalue weighted by Gasteiger charge is -2.27. The highest BCUT2D eigenvalue weighted by molar-refractivity contribution is 6.00. The van der Waals surface area contributed by atoms with Crippen LogP contribution in [0.4, 0.5) is 5.69 Å². The third-order valence-corrected chi connectivity index (χ3v) is 3.98. The van der Waals surface area contributed by atoms with Gasteiger partial charge in [0.05, 0.1) is 18.3 Å². The summed E-state index contributed by atoms with van der Waals surface area (Å²) >= 11 is 0. The van der Waals surface area contributed by atoms with Crippen LogP contribution in [0.15, 0.2) is 66.2 Å². The Labute approximate surface area is 129 Å². The summed E-state index contributed by atoms with van der Waals surface area (Å²) in [6.45, 7) is 5.17. The Morgan fingerprint density at radius 2 is 1.95 bits per heavy atom. The fourth-order valence-corrected chi connectivity index (χ4v) is 3.01. The molecule has 0 aromatic heterocycles. The number of hydrogen-bond donors (Lipinski definition) is 1. The lowest BCUT2D eigenvalue weighted by Crippen LogP contribution is -2.39. The molecular weight excluding hydrogens is 274 g/mol. The van der Waals surface area contributed by atoms with Crippen molar-refractivity contribution in [3.8, 4) is 11.5 Å². The highest BCUT2D eigenvalue weighted by Gasteiger charge is 2.36. The number of benzene rings is 2. The number of nitrogens with zero attached hydrogens (tertiary/aromatic N) is 2. The zero-order valence-electron chi connectivity index (χ0n) is 12.2. The molecule has 22 heavy (non-hydrogen) atoms. The molecule has 0 amide bonds. The normalized spacial score (nSPS) is 18.3. The van der Waals surface area contributed by atoms with Crippen LogP contribution in [0.2, 0.25) is 0 Å². The van der Waals surface area contributed by atoms with Crippen molar-refractivity contribution in [3.05, 3.63) is 66.7 Å². The number of guanidine groups is 1. The first kappa shape index (κ1) is 13.0. The van der Waals surface area contributed by atoms with Crippen molar-refractivity contribution in [3.63, 3.8) is 0 Å². The van der Waals surface area contributed by atoms with Gasteiger partial charge < -0.3 is 10.1 Å². The molecule has 0 saturated heterocycles. The van der Waals surface area contributed by atoms with Crippen LogP contribution in [0.25, 0.3) is 0 Å². The first-order chi connectivity index (χ1) is 10.9. The largest absolute Gasteiger partial charge is 0.455 e. The molecule has 1 N–H and O–H groups in total. The summed E-state index contributed by atoms with van der Waals surface area (Å²) in [6, 6.07) is 16.4. The minimum Gasteiger partial charge on any atom is -0.455 e. The Kier molecular flexibility index (Phi) is 3.07. The van der Waals surface area contributed by atoms with Gasteiger partial charge in [-0.3, -0.25) is 9.89 Å². The number of fused-ring (bicyclic) bond motifs is 5. The Morgan fingerprint density at radius 1 is 1.18 bits per heavy atom. The number of para-hydroxylation sites is 3. The van der Waals surface area contributed by atoms with E-state index < -0.39 is 0 Å². The van der Waals surface area contributed by atoms with Crippen molar-refractivity contribution in [2.24, 2.45) is 4.99 Å². The van der Waals surface area contributed by atoms with E-state index in [1.54, 1.807) is 0 Å². The van der Waals surface area contributed by atoms with Gasteiger partial charge in [0, 0.05) is 12.1 Å². The molecule has 1 unspecified atom stereocenters. The fraction of sp³-hybridized carbons (Fsp3) is 0.167. The van der Waals surface area contributed by atoms with Crippen molar-refractivity contribution in [2.75, 3.05) is 18.0 Å². The van der Waals surface area contributed by atoms with Gasteiger partial charge in [0.15, 0.2) is 11.7 Å². The molecule has 1 atom stereocenters. The van der Waals surface area contributed by atoms with Crippen LogP contribution >= 0.6 is 0 Å². The van der Waals surface area contributed by atoms with Gasteiger partial charge in [0.1, 0.15) is 5.75 Å². The minimum atomic E-state index is 0.159. The van der Waals surface area contributed by atoms with Crippen molar-refractivity contribution in [2.45, 2.75) is 6.04 Å². The number of anilines is 1. The van der Waals surface area contributed by atoms with E-state index in [4.69, 9.17) is 4.74 Å². The predicted molar refractivity (Wildman–Crippen MR) is 88.7 cm³/mol. The third kappa shape index (κ3) is 1.96. The van der Waals surface area contributed by atoms with Gasteiger partial charge >= 0.3 is 0 Å². The molecule has 0 spiro atoms. The maximum Gasteiger partial charge on any atom is 0.199 e. The van der Waals surface area contributed by atoms with Crippen LogP contribution in [0.3, 0.4) is 0 Å². The second-order valence-electron chi connectivity index (χ2n) is 5.33. The fourth-order valence-electron chi connectivity index (χ4n) is 3.01. The minimum absolute atomic E-state index is 0.159. The van der Waals surface area contributed by atoms with E-state index in [2.05, 4.69) is 33.9 Å². The van der Waals surface area contributed by atoms with Crippen LogP contribution < -0.4 is 15.0 Å². The van der Waals surface area contributed by atoms with Crippen LogP contribution in [0, 0.1) is 0 Å². The molecule has 2 aromatic carbocycles. The average molecular weight is 291 g/mol.